The predicted octanol–water partition coefficient (Wildman–Crippen LogP) is 5.60. The van der Waals surface area contributed by atoms with Gasteiger partial charge in [-0.2, -0.15) is 13.2 Å². The summed E-state index contributed by atoms with van der Waals surface area (Å²) in [4.78, 5) is 12.4. The van der Waals surface area contributed by atoms with Gasteiger partial charge in [0.05, 0.1) is 17.0 Å². The van der Waals surface area contributed by atoms with Crippen molar-refractivity contribution < 1.29 is 22.7 Å². The molecule has 4 aromatic rings. The number of amides is 1. The molecule has 0 atom stereocenters. The first-order valence-corrected chi connectivity index (χ1v) is 11.2. The first-order valence-electron chi connectivity index (χ1n) is 10.2. The van der Waals surface area contributed by atoms with Gasteiger partial charge in [0.15, 0.2) is 11.0 Å². The molecule has 3 aromatic carbocycles. The number of carbonyl (C=O) groups is 1. The van der Waals surface area contributed by atoms with E-state index in [0.29, 0.717) is 16.7 Å². The molecule has 1 amide bonds. The summed E-state index contributed by atoms with van der Waals surface area (Å²) in [6.07, 6.45) is -4.57. The van der Waals surface area contributed by atoms with Crippen molar-refractivity contribution >= 4 is 23.4 Å². The number of benzene rings is 3. The quantitative estimate of drug-likeness (QED) is 0.330. The SMILES string of the molecule is O=C(CSc1nnc(COc2ccccc2)n1-c1ccccc1)Nc1ccccc1C(F)(F)F. The molecule has 6 nitrogen and oxygen atoms in total. The number of thioether (sulfide) groups is 1. The van der Waals surface area contributed by atoms with E-state index in [1.807, 2.05) is 60.7 Å². The number of carbonyl (C=O) groups excluding carboxylic acids is 1. The number of halogens is 3. The molecule has 1 heterocycles. The number of hydrogen-bond donors (Lipinski definition) is 1. The minimum Gasteiger partial charge on any atom is -0.486 e. The Bertz CT molecular complexity index is 1250. The zero-order valence-corrected chi connectivity index (χ0v) is 18.5. The Labute approximate surface area is 197 Å². The van der Waals surface area contributed by atoms with Crippen LogP contribution in [0.1, 0.15) is 11.4 Å². The molecule has 10 heteroatoms. The van der Waals surface area contributed by atoms with Gasteiger partial charge < -0.3 is 10.1 Å². The number of rotatable bonds is 8. The number of nitrogens with one attached hydrogen (secondary N) is 1. The zero-order valence-electron chi connectivity index (χ0n) is 17.7. The molecule has 0 saturated carbocycles. The molecule has 0 aliphatic carbocycles. The van der Waals surface area contributed by atoms with Crippen LogP contribution in [0.2, 0.25) is 0 Å². The van der Waals surface area contributed by atoms with Crippen LogP contribution >= 0.6 is 11.8 Å². The predicted molar refractivity (Wildman–Crippen MR) is 123 cm³/mol. The summed E-state index contributed by atoms with van der Waals surface area (Å²) >= 11 is 1.07. The summed E-state index contributed by atoms with van der Waals surface area (Å²) in [6, 6.07) is 23.4. The minimum atomic E-state index is -4.57. The third kappa shape index (κ3) is 5.76. The number of aromatic nitrogens is 3. The second kappa shape index (κ2) is 10.4. The van der Waals surface area contributed by atoms with Crippen molar-refractivity contribution in [3.63, 3.8) is 0 Å². The first-order chi connectivity index (χ1) is 16.4. The summed E-state index contributed by atoms with van der Waals surface area (Å²) in [5.74, 6) is 0.435. The molecule has 174 valence electrons. The van der Waals surface area contributed by atoms with Crippen molar-refractivity contribution in [2.75, 3.05) is 11.1 Å². The molecular formula is C24H19F3N4O2S. The lowest BCUT2D eigenvalue weighted by atomic mass is 10.1. The Balaban J connectivity index is 1.50. The number of para-hydroxylation sites is 3. The van der Waals surface area contributed by atoms with Gasteiger partial charge in [-0.1, -0.05) is 60.3 Å². The highest BCUT2D eigenvalue weighted by atomic mass is 32.2. The van der Waals surface area contributed by atoms with E-state index in [-0.39, 0.29) is 18.0 Å². The second-order valence-corrected chi connectivity index (χ2v) is 7.99. The van der Waals surface area contributed by atoms with Gasteiger partial charge >= 0.3 is 6.18 Å². The zero-order chi connectivity index (χ0) is 24.0. The highest BCUT2D eigenvalue weighted by Gasteiger charge is 2.33. The molecule has 4 rings (SSSR count). The lowest BCUT2D eigenvalue weighted by molar-refractivity contribution is -0.137. The molecule has 0 saturated heterocycles. The van der Waals surface area contributed by atoms with Crippen LogP contribution in [0.25, 0.3) is 5.69 Å². The Morgan fingerprint density at radius 3 is 2.26 bits per heavy atom. The van der Waals surface area contributed by atoms with Gasteiger partial charge in [0.25, 0.3) is 0 Å². The second-order valence-electron chi connectivity index (χ2n) is 7.05. The maximum atomic E-state index is 13.2. The standard InChI is InChI=1S/C24H19F3N4O2S/c25-24(26,27)19-13-7-8-14-20(19)28-22(32)16-34-23-30-29-21(15-33-18-11-5-2-6-12-18)31(23)17-9-3-1-4-10-17/h1-14H,15-16H2,(H,28,32). The van der Waals surface area contributed by atoms with E-state index in [9.17, 15) is 18.0 Å². The van der Waals surface area contributed by atoms with Crippen LogP contribution in [0.4, 0.5) is 18.9 Å². The van der Waals surface area contributed by atoms with E-state index in [2.05, 4.69) is 15.5 Å². The highest BCUT2D eigenvalue weighted by molar-refractivity contribution is 7.99. The van der Waals surface area contributed by atoms with E-state index in [4.69, 9.17) is 4.74 Å². The van der Waals surface area contributed by atoms with Crippen molar-refractivity contribution in [2.24, 2.45) is 0 Å². The minimum absolute atomic E-state index is 0.137. The van der Waals surface area contributed by atoms with Crippen LogP contribution in [-0.4, -0.2) is 26.4 Å². The third-order valence-electron chi connectivity index (χ3n) is 4.66. The number of anilines is 1. The Hall–Kier alpha value is -3.79. The van der Waals surface area contributed by atoms with Crippen LogP contribution in [0.5, 0.6) is 5.75 Å². The van der Waals surface area contributed by atoms with E-state index in [1.165, 1.54) is 18.2 Å². The van der Waals surface area contributed by atoms with Crippen molar-refractivity contribution in [1.82, 2.24) is 14.8 Å². The first kappa shape index (κ1) is 23.4. The Morgan fingerprint density at radius 1 is 0.912 bits per heavy atom. The maximum absolute atomic E-state index is 13.2. The third-order valence-corrected chi connectivity index (χ3v) is 5.59. The summed E-state index contributed by atoms with van der Waals surface area (Å²) in [6.45, 7) is 0.137. The van der Waals surface area contributed by atoms with Gasteiger partial charge in [-0.15, -0.1) is 10.2 Å². The smallest absolute Gasteiger partial charge is 0.418 e. The molecule has 34 heavy (non-hydrogen) atoms. The summed E-state index contributed by atoms with van der Waals surface area (Å²) < 4.78 is 47.1. The van der Waals surface area contributed by atoms with Gasteiger partial charge in [-0.3, -0.25) is 9.36 Å². The van der Waals surface area contributed by atoms with Crippen molar-refractivity contribution in [3.05, 3.63) is 96.3 Å². The van der Waals surface area contributed by atoms with E-state index in [0.717, 1.165) is 23.5 Å². The monoisotopic (exact) mass is 484 g/mol. The molecule has 0 unspecified atom stereocenters. The van der Waals surface area contributed by atoms with Gasteiger partial charge in [-0.05, 0) is 36.4 Å². The van der Waals surface area contributed by atoms with Gasteiger partial charge in [-0.25, -0.2) is 0 Å². The fourth-order valence-corrected chi connectivity index (χ4v) is 3.91. The van der Waals surface area contributed by atoms with Crippen molar-refractivity contribution in [1.29, 1.82) is 0 Å². The number of ether oxygens (including phenoxy) is 1. The van der Waals surface area contributed by atoms with Crippen LogP contribution in [0.15, 0.2) is 90.1 Å². The van der Waals surface area contributed by atoms with E-state index < -0.39 is 17.6 Å². The highest BCUT2D eigenvalue weighted by Crippen LogP contribution is 2.34. The van der Waals surface area contributed by atoms with Crippen LogP contribution < -0.4 is 10.1 Å². The van der Waals surface area contributed by atoms with Crippen LogP contribution in [0.3, 0.4) is 0 Å². The average molecular weight is 485 g/mol. The molecule has 0 aliphatic rings. The molecule has 0 aliphatic heterocycles. The molecule has 1 aromatic heterocycles. The summed E-state index contributed by atoms with van der Waals surface area (Å²) in [5, 5.41) is 11.1. The summed E-state index contributed by atoms with van der Waals surface area (Å²) in [5.41, 5.74) is -0.423. The molecule has 0 spiro atoms. The van der Waals surface area contributed by atoms with Crippen LogP contribution in [0, 0.1) is 0 Å². The summed E-state index contributed by atoms with van der Waals surface area (Å²) in [7, 11) is 0. The number of nitrogens with zero attached hydrogens (tertiary/aromatic N) is 3. The molecule has 0 bridgehead atoms. The molecular weight excluding hydrogens is 465 g/mol. The topological polar surface area (TPSA) is 69.0 Å². The fourth-order valence-electron chi connectivity index (χ4n) is 3.14. The van der Waals surface area contributed by atoms with E-state index in [1.54, 1.807) is 4.57 Å². The van der Waals surface area contributed by atoms with Crippen molar-refractivity contribution in [2.45, 2.75) is 17.9 Å². The Kier molecular flexibility index (Phi) is 7.17. The maximum Gasteiger partial charge on any atom is 0.418 e. The normalized spacial score (nSPS) is 11.3. The number of hydrogen-bond acceptors (Lipinski definition) is 5. The van der Waals surface area contributed by atoms with Gasteiger partial charge in [0.2, 0.25) is 5.91 Å². The lowest BCUT2D eigenvalue weighted by Crippen LogP contribution is -2.18. The van der Waals surface area contributed by atoms with Gasteiger partial charge in [0, 0.05) is 5.69 Å². The van der Waals surface area contributed by atoms with Gasteiger partial charge in [0.1, 0.15) is 12.4 Å². The molecule has 1 N–H and O–H groups in total. The molecule has 0 radical (unpaired) electrons. The Morgan fingerprint density at radius 2 is 1.56 bits per heavy atom. The van der Waals surface area contributed by atoms with Crippen molar-refractivity contribution in [3.8, 4) is 11.4 Å². The van der Waals surface area contributed by atoms with E-state index >= 15 is 0 Å². The average Bonchev–Trinajstić information content (AvgIpc) is 3.25. The molecule has 0 fully saturated rings. The number of alkyl halides is 3. The van der Waals surface area contributed by atoms with Crippen LogP contribution in [-0.2, 0) is 17.6 Å². The largest absolute Gasteiger partial charge is 0.486 e. The fraction of sp³-hybridized carbons (Fsp3) is 0.125. The lowest BCUT2D eigenvalue weighted by Gasteiger charge is -2.13.